The summed E-state index contributed by atoms with van der Waals surface area (Å²) in [5.74, 6) is 0.434. The molecule has 0 fully saturated rings. The van der Waals surface area contributed by atoms with Crippen LogP contribution in [-0.2, 0) is 0 Å². The minimum absolute atomic E-state index is 0.0879. The van der Waals surface area contributed by atoms with E-state index in [0.717, 1.165) is 5.56 Å². The van der Waals surface area contributed by atoms with Crippen LogP contribution < -0.4 is 10.5 Å². The third-order valence-corrected chi connectivity index (χ3v) is 2.81. The predicted octanol–water partition coefficient (Wildman–Crippen LogP) is 2.82. The monoisotopic (exact) mass is 241 g/mol. The molecule has 0 aliphatic heterocycles. The lowest BCUT2D eigenvalue weighted by Gasteiger charge is -2.09. The van der Waals surface area contributed by atoms with Crippen molar-refractivity contribution in [3.05, 3.63) is 59.2 Å². The molecule has 3 nitrogen and oxygen atoms in total. The number of ether oxygens (including phenoxy) is 1. The SMILES string of the molecule is COc1cccc(C(=O)c2cccc(C)c2)c1N. The largest absolute Gasteiger partial charge is 0.495 e. The van der Waals surface area contributed by atoms with Gasteiger partial charge < -0.3 is 10.5 Å². The smallest absolute Gasteiger partial charge is 0.195 e. The Bertz CT molecular complexity index is 591. The zero-order chi connectivity index (χ0) is 13.1. The van der Waals surface area contributed by atoms with Gasteiger partial charge in [0.2, 0.25) is 0 Å². The molecule has 2 N–H and O–H groups in total. The fourth-order valence-electron chi connectivity index (χ4n) is 1.86. The van der Waals surface area contributed by atoms with Crippen molar-refractivity contribution in [1.82, 2.24) is 0 Å². The van der Waals surface area contributed by atoms with Crippen LogP contribution in [0, 0.1) is 6.92 Å². The molecule has 0 spiro atoms. The molecule has 0 saturated heterocycles. The number of nitrogen functional groups attached to an aromatic ring is 1. The van der Waals surface area contributed by atoms with E-state index in [1.165, 1.54) is 7.11 Å². The van der Waals surface area contributed by atoms with Gasteiger partial charge in [0, 0.05) is 11.1 Å². The fraction of sp³-hybridized carbons (Fsp3) is 0.133. The Kier molecular flexibility index (Phi) is 3.33. The molecular weight excluding hydrogens is 226 g/mol. The molecule has 0 saturated carbocycles. The summed E-state index contributed by atoms with van der Waals surface area (Å²) in [6, 6.07) is 12.7. The number of methoxy groups -OCH3 is 1. The maximum Gasteiger partial charge on any atom is 0.195 e. The number of anilines is 1. The van der Waals surface area contributed by atoms with Crippen LogP contribution in [0.2, 0.25) is 0 Å². The molecule has 0 atom stereocenters. The maximum absolute atomic E-state index is 12.4. The van der Waals surface area contributed by atoms with E-state index in [1.807, 2.05) is 25.1 Å². The van der Waals surface area contributed by atoms with Gasteiger partial charge in [-0.2, -0.15) is 0 Å². The van der Waals surface area contributed by atoms with Gasteiger partial charge in [0.1, 0.15) is 5.75 Å². The Morgan fingerprint density at radius 2 is 1.89 bits per heavy atom. The van der Waals surface area contributed by atoms with E-state index >= 15 is 0 Å². The molecule has 0 aromatic heterocycles. The van der Waals surface area contributed by atoms with E-state index in [1.54, 1.807) is 24.3 Å². The van der Waals surface area contributed by atoms with Crippen molar-refractivity contribution in [2.75, 3.05) is 12.8 Å². The lowest BCUT2D eigenvalue weighted by Crippen LogP contribution is -2.06. The van der Waals surface area contributed by atoms with Crippen molar-refractivity contribution in [2.45, 2.75) is 6.92 Å². The number of carbonyl (C=O) groups excluding carboxylic acids is 1. The van der Waals surface area contributed by atoms with Crippen LogP contribution in [0.15, 0.2) is 42.5 Å². The molecule has 3 heteroatoms. The Morgan fingerprint density at radius 3 is 2.56 bits per heavy atom. The second-order valence-corrected chi connectivity index (χ2v) is 4.12. The Balaban J connectivity index is 2.46. The molecule has 2 aromatic carbocycles. The topological polar surface area (TPSA) is 52.3 Å². The molecule has 0 aliphatic rings. The summed E-state index contributed by atoms with van der Waals surface area (Å²) in [7, 11) is 1.53. The minimum atomic E-state index is -0.0879. The van der Waals surface area contributed by atoms with E-state index < -0.39 is 0 Å². The van der Waals surface area contributed by atoms with Crippen LogP contribution in [0.4, 0.5) is 5.69 Å². The second kappa shape index (κ2) is 4.92. The van der Waals surface area contributed by atoms with E-state index in [4.69, 9.17) is 10.5 Å². The van der Waals surface area contributed by atoms with Gasteiger partial charge in [0.15, 0.2) is 5.78 Å². The molecule has 2 aromatic rings. The van der Waals surface area contributed by atoms with Gasteiger partial charge in [0.25, 0.3) is 0 Å². The highest BCUT2D eigenvalue weighted by Gasteiger charge is 2.14. The summed E-state index contributed by atoms with van der Waals surface area (Å²) in [6.07, 6.45) is 0. The van der Waals surface area contributed by atoms with E-state index in [-0.39, 0.29) is 5.78 Å². The average molecular weight is 241 g/mol. The number of benzene rings is 2. The summed E-state index contributed by atoms with van der Waals surface area (Å²) in [4.78, 5) is 12.4. The second-order valence-electron chi connectivity index (χ2n) is 4.12. The number of aryl methyl sites for hydroxylation is 1. The molecule has 0 heterocycles. The molecular formula is C15H15NO2. The first-order valence-electron chi connectivity index (χ1n) is 5.67. The first kappa shape index (κ1) is 12.2. The molecule has 0 amide bonds. The van der Waals surface area contributed by atoms with E-state index in [9.17, 15) is 4.79 Å². The van der Waals surface area contributed by atoms with Crippen molar-refractivity contribution >= 4 is 11.5 Å². The van der Waals surface area contributed by atoms with Crippen molar-refractivity contribution in [3.63, 3.8) is 0 Å². The van der Waals surface area contributed by atoms with Gasteiger partial charge in [-0.3, -0.25) is 4.79 Å². The number of carbonyl (C=O) groups is 1. The highest BCUT2D eigenvalue weighted by Crippen LogP contribution is 2.26. The number of ketones is 1. The zero-order valence-electron chi connectivity index (χ0n) is 10.4. The Hall–Kier alpha value is -2.29. The number of rotatable bonds is 3. The van der Waals surface area contributed by atoms with Crippen LogP contribution >= 0.6 is 0 Å². The van der Waals surface area contributed by atoms with E-state index in [2.05, 4.69) is 0 Å². The van der Waals surface area contributed by atoms with Crippen molar-refractivity contribution < 1.29 is 9.53 Å². The van der Waals surface area contributed by atoms with Crippen LogP contribution in [0.25, 0.3) is 0 Å². The molecule has 2 rings (SSSR count). The summed E-state index contributed by atoms with van der Waals surface area (Å²) < 4.78 is 5.12. The third kappa shape index (κ3) is 2.20. The third-order valence-electron chi connectivity index (χ3n) is 2.81. The first-order chi connectivity index (χ1) is 8.63. The number of hydrogen-bond donors (Lipinski definition) is 1. The zero-order valence-corrected chi connectivity index (χ0v) is 10.4. The minimum Gasteiger partial charge on any atom is -0.495 e. The highest BCUT2D eigenvalue weighted by atomic mass is 16.5. The quantitative estimate of drug-likeness (QED) is 0.664. The fourth-order valence-corrected chi connectivity index (χ4v) is 1.86. The van der Waals surface area contributed by atoms with Crippen LogP contribution in [0.5, 0.6) is 5.75 Å². The van der Waals surface area contributed by atoms with Crippen molar-refractivity contribution in [3.8, 4) is 5.75 Å². The van der Waals surface area contributed by atoms with Crippen molar-refractivity contribution in [2.24, 2.45) is 0 Å². The summed E-state index contributed by atoms with van der Waals surface area (Å²) in [6.45, 7) is 1.95. The van der Waals surface area contributed by atoms with Gasteiger partial charge in [-0.1, -0.05) is 29.8 Å². The predicted molar refractivity (Wildman–Crippen MR) is 72.0 cm³/mol. The Labute approximate surface area is 106 Å². The summed E-state index contributed by atoms with van der Waals surface area (Å²) >= 11 is 0. The molecule has 0 radical (unpaired) electrons. The number of nitrogens with two attached hydrogens (primary N) is 1. The van der Waals surface area contributed by atoms with Crippen LogP contribution in [0.3, 0.4) is 0 Å². The molecule has 0 bridgehead atoms. The lowest BCUT2D eigenvalue weighted by molar-refractivity contribution is 0.103. The lowest BCUT2D eigenvalue weighted by atomic mass is 10.00. The van der Waals surface area contributed by atoms with Gasteiger partial charge in [-0.25, -0.2) is 0 Å². The highest BCUT2D eigenvalue weighted by molar-refractivity contribution is 6.12. The number of para-hydroxylation sites is 1. The Morgan fingerprint density at radius 1 is 1.17 bits per heavy atom. The van der Waals surface area contributed by atoms with Crippen LogP contribution in [0.1, 0.15) is 21.5 Å². The molecule has 0 aliphatic carbocycles. The van der Waals surface area contributed by atoms with E-state index in [0.29, 0.717) is 22.6 Å². The molecule has 0 unspecified atom stereocenters. The number of hydrogen-bond acceptors (Lipinski definition) is 3. The van der Waals surface area contributed by atoms with Gasteiger partial charge in [-0.05, 0) is 25.1 Å². The van der Waals surface area contributed by atoms with Gasteiger partial charge in [-0.15, -0.1) is 0 Å². The standard InChI is InChI=1S/C15H15NO2/c1-10-5-3-6-11(9-10)15(17)12-7-4-8-13(18-2)14(12)16/h3-9H,16H2,1-2H3. The molecule has 18 heavy (non-hydrogen) atoms. The summed E-state index contributed by atoms with van der Waals surface area (Å²) in [5, 5.41) is 0. The normalized spacial score (nSPS) is 10.1. The van der Waals surface area contributed by atoms with Crippen molar-refractivity contribution in [1.29, 1.82) is 0 Å². The average Bonchev–Trinajstić information content (AvgIpc) is 2.38. The maximum atomic E-state index is 12.4. The first-order valence-corrected chi connectivity index (χ1v) is 5.67. The van der Waals surface area contributed by atoms with Crippen LogP contribution in [-0.4, -0.2) is 12.9 Å². The van der Waals surface area contributed by atoms with Gasteiger partial charge in [0.05, 0.1) is 12.8 Å². The molecule has 92 valence electrons. The summed E-state index contributed by atoms with van der Waals surface area (Å²) in [5.41, 5.74) is 8.46. The van der Waals surface area contributed by atoms with Gasteiger partial charge >= 0.3 is 0 Å².